The van der Waals surface area contributed by atoms with E-state index in [2.05, 4.69) is 10.3 Å². The van der Waals surface area contributed by atoms with Crippen LogP contribution in [0.3, 0.4) is 0 Å². The van der Waals surface area contributed by atoms with Crippen LogP contribution >= 0.6 is 0 Å². The van der Waals surface area contributed by atoms with E-state index in [1.54, 1.807) is 0 Å². The molecule has 1 aromatic rings. The zero-order valence-electron chi connectivity index (χ0n) is 11.6. The Kier molecular flexibility index (Phi) is 6.09. The number of pyridine rings is 1. The molecule has 0 spiro atoms. The molecule has 0 radical (unpaired) electrons. The molecule has 0 aliphatic carbocycles. The van der Waals surface area contributed by atoms with Gasteiger partial charge in [-0.25, -0.2) is 4.98 Å². The predicted octanol–water partition coefficient (Wildman–Crippen LogP) is 2.09. The lowest BCUT2D eigenvalue weighted by atomic mass is 9.94. The van der Waals surface area contributed by atoms with E-state index in [1.807, 2.05) is 13.8 Å². The Morgan fingerprint density at radius 3 is 2.65 bits per heavy atom. The third kappa shape index (κ3) is 5.77. The second-order valence-electron chi connectivity index (χ2n) is 5.15. The molecule has 1 amide bonds. The van der Waals surface area contributed by atoms with E-state index in [4.69, 9.17) is 5.11 Å². The summed E-state index contributed by atoms with van der Waals surface area (Å²) in [5, 5.41) is 11.4. The van der Waals surface area contributed by atoms with Crippen LogP contribution in [0.4, 0.5) is 4.39 Å². The molecule has 110 valence electrons. The number of carbonyl (C=O) groups is 2. The van der Waals surface area contributed by atoms with Crippen molar-refractivity contribution in [3.63, 3.8) is 0 Å². The predicted molar refractivity (Wildman–Crippen MR) is 71.7 cm³/mol. The molecule has 6 heteroatoms. The Hall–Kier alpha value is -1.98. The van der Waals surface area contributed by atoms with E-state index in [-0.39, 0.29) is 24.6 Å². The molecule has 1 heterocycles. The Morgan fingerprint density at radius 1 is 1.40 bits per heavy atom. The quantitative estimate of drug-likeness (QED) is 0.750. The monoisotopic (exact) mass is 282 g/mol. The number of amides is 1. The first-order valence-corrected chi connectivity index (χ1v) is 6.51. The third-order valence-electron chi connectivity index (χ3n) is 2.77. The summed E-state index contributed by atoms with van der Waals surface area (Å²) < 4.78 is 12.9. The van der Waals surface area contributed by atoms with Gasteiger partial charge >= 0.3 is 5.97 Å². The molecule has 0 aliphatic heterocycles. The highest BCUT2D eigenvalue weighted by atomic mass is 19.1. The topological polar surface area (TPSA) is 79.3 Å². The average Bonchev–Trinajstić information content (AvgIpc) is 2.34. The molecule has 0 aliphatic rings. The smallest absolute Gasteiger partial charge is 0.303 e. The van der Waals surface area contributed by atoms with Crippen molar-refractivity contribution in [3.05, 3.63) is 29.8 Å². The van der Waals surface area contributed by atoms with Crippen LogP contribution in [0, 0.1) is 17.8 Å². The van der Waals surface area contributed by atoms with Crippen molar-refractivity contribution in [2.75, 3.05) is 6.54 Å². The van der Waals surface area contributed by atoms with Gasteiger partial charge in [-0.2, -0.15) is 4.39 Å². The summed E-state index contributed by atoms with van der Waals surface area (Å²) in [6.07, 6.45) is 0.693. The molecular weight excluding hydrogens is 263 g/mol. The first-order chi connectivity index (χ1) is 9.38. The maximum atomic E-state index is 12.9. The Balaban J connectivity index is 2.57. The molecule has 0 saturated carbocycles. The molecule has 20 heavy (non-hydrogen) atoms. The van der Waals surface area contributed by atoms with Gasteiger partial charge in [0.05, 0.1) is 0 Å². The molecule has 0 fully saturated rings. The summed E-state index contributed by atoms with van der Waals surface area (Å²) in [5.41, 5.74) is -0.0105. The number of halogens is 1. The Labute approximate surface area is 117 Å². The lowest BCUT2D eigenvalue weighted by Gasteiger charge is -2.17. The molecule has 0 saturated heterocycles. The van der Waals surface area contributed by atoms with Crippen LogP contribution in [-0.2, 0) is 4.79 Å². The lowest BCUT2D eigenvalue weighted by Crippen LogP contribution is -2.31. The van der Waals surface area contributed by atoms with Crippen LogP contribution < -0.4 is 5.32 Å². The van der Waals surface area contributed by atoms with Crippen molar-refractivity contribution in [3.8, 4) is 0 Å². The second-order valence-corrected chi connectivity index (χ2v) is 5.15. The highest BCUT2D eigenvalue weighted by Crippen LogP contribution is 2.14. The summed E-state index contributed by atoms with van der Waals surface area (Å²) in [5.74, 6) is -1.92. The van der Waals surface area contributed by atoms with E-state index in [0.29, 0.717) is 12.3 Å². The maximum Gasteiger partial charge on any atom is 0.303 e. The number of aromatic nitrogens is 1. The number of carboxylic acid groups (broad SMARTS) is 1. The average molecular weight is 282 g/mol. The SMILES string of the molecule is CC(C)C[C@H](CNC(=O)c1cccc(F)n1)CC(=O)O. The number of aliphatic carboxylic acids is 1. The summed E-state index contributed by atoms with van der Waals surface area (Å²) in [7, 11) is 0. The van der Waals surface area contributed by atoms with Crippen molar-refractivity contribution in [1.82, 2.24) is 10.3 Å². The summed E-state index contributed by atoms with van der Waals surface area (Å²) >= 11 is 0. The van der Waals surface area contributed by atoms with Gasteiger partial charge in [0.1, 0.15) is 5.69 Å². The molecule has 0 unspecified atom stereocenters. The van der Waals surface area contributed by atoms with Crippen LogP contribution in [-0.4, -0.2) is 28.5 Å². The number of carboxylic acids is 1. The van der Waals surface area contributed by atoms with Crippen LogP contribution in [0.5, 0.6) is 0 Å². The maximum absolute atomic E-state index is 12.9. The van der Waals surface area contributed by atoms with E-state index >= 15 is 0 Å². The molecule has 0 aromatic carbocycles. The van der Waals surface area contributed by atoms with E-state index in [9.17, 15) is 14.0 Å². The van der Waals surface area contributed by atoms with Crippen molar-refractivity contribution >= 4 is 11.9 Å². The van der Waals surface area contributed by atoms with Gasteiger partial charge in [-0.15, -0.1) is 0 Å². The van der Waals surface area contributed by atoms with Gasteiger partial charge in [0, 0.05) is 13.0 Å². The van der Waals surface area contributed by atoms with Crippen LogP contribution in [0.1, 0.15) is 37.2 Å². The minimum absolute atomic E-state index is 0.00492. The van der Waals surface area contributed by atoms with Gasteiger partial charge in [0.25, 0.3) is 5.91 Å². The van der Waals surface area contributed by atoms with Crippen molar-refractivity contribution in [2.24, 2.45) is 11.8 Å². The molecule has 1 aromatic heterocycles. The van der Waals surface area contributed by atoms with Crippen LogP contribution in [0.2, 0.25) is 0 Å². The fraction of sp³-hybridized carbons (Fsp3) is 0.500. The summed E-state index contributed by atoms with van der Waals surface area (Å²) in [6.45, 7) is 4.22. The minimum atomic E-state index is -0.895. The van der Waals surface area contributed by atoms with Gasteiger partial charge in [0.15, 0.2) is 0 Å². The largest absolute Gasteiger partial charge is 0.481 e. The van der Waals surface area contributed by atoms with E-state index in [1.165, 1.54) is 12.1 Å². The fourth-order valence-electron chi connectivity index (χ4n) is 2.01. The second kappa shape index (κ2) is 7.57. The molecule has 1 atom stereocenters. The van der Waals surface area contributed by atoms with Crippen LogP contribution in [0.25, 0.3) is 0 Å². The number of rotatable bonds is 7. The molecule has 2 N–H and O–H groups in total. The minimum Gasteiger partial charge on any atom is -0.481 e. The first-order valence-electron chi connectivity index (χ1n) is 6.51. The number of nitrogens with one attached hydrogen (secondary N) is 1. The highest BCUT2D eigenvalue weighted by molar-refractivity contribution is 5.92. The van der Waals surface area contributed by atoms with E-state index < -0.39 is 17.8 Å². The van der Waals surface area contributed by atoms with Crippen molar-refractivity contribution in [1.29, 1.82) is 0 Å². The molecule has 5 nitrogen and oxygen atoms in total. The molecule has 0 bridgehead atoms. The van der Waals surface area contributed by atoms with Crippen molar-refractivity contribution < 1.29 is 19.1 Å². The van der Waals surface area contributed by atoms with Gasteiger partial charge < -0.3 is 10.4 Å². The number of nitrogens with zero attached hydrogens (tertiary/aromatic N) is 1. The van der Waals surface area contributed by atoms with E-state index in [0.717, 1.165) is 6.07 Å². The molecular formula is C14H19FN2O3. The lowest BCUT2D eigenvalue weighted by molar-refractivity contribution is -0.138. The number of hydrogen-bond acceptors (Lipinski definition) is 3. The standard InChI is InChI=1S/C14H19FN2O3/c1-9(2)6-10(7-13(18)19)8-16-14(20)11-4-3-5-12(15)17-11/h3-5,9-10H,6-8H2,1-2H3,(H,16,20)(H,18,19)/t10-/m0/s1. The van der Waals surface area contributed by atoms with Gasteiger partial charge in [-0.1, -0.05) is 19.9 Å². The number of hydrogen-bond donors (Lipinski definition) is 2. The van der Waals surface area contributed by atoms with Gasteiger partial charge in [0.2, 0.25) is 5.95 Å². The fourth-order valence-corrected chi connectivity index (χ4v) is 2.01. The Morgan fingerprint density at radius 2 is 2.10 bits per heavy atom. The van der Waals surface area contributed by atoms with Gasteiger partial charge in [-0.05, 0) is 30.4 Å². The zero-order chi connectivity index (χ0) is 15.1. The van der Waals surface area contributed by atoms with Gasteiger partial charge in [-0.3, -0.25) is 9.59 Å². The Bertz CT molecular complexity index is 477. The molecule has 1 rings (SSSR count). The summed E-state index contributed by atoms with van der Waals surface area (Å²) in [4.78, 5) is 26.0. The highest BCUT2D eigenvalue weighted by Gasteiger charge is 2.17. The number of carbonyl (C=O) groups excluding carboxylic acids is 1. The summed E-state index contributed by atoms with van der Waals surface area (Å²) in [6, 6.07) is 3.97. The zero-order valence-corrected chi connectivity index (χ0v) is 11.6. The third-order valence-corrected chi connectivity index (χ3v) is 2.77. The normalized spacial score (nSPS) is 12.2. The first kappa shape index (κ1) is 16.1. The van der Waals surface area contributed by atoms with Crippen LogP contribution in [0.15, 0.2) is 18.2 Å². The van der Waals surface area contributed by atoms with Crippen molar-refractivity contribution in [2.45, 2.75) is 26.7 Å².